The number of likely N-dealkylation sites (tertiary alicyclic amines) is 1. The molecule has 0 aromatic rings. The molecule has 0 aromatic carbocycles. The summed E-state index contributed by atoms with van der Waals surface area (Å²) in [5.74, 6) is 0.212. The molecular weight excluding hydrogens is 164 g/mol. The van der Waals surface area contributed by atoms with Crippen LogP contribution in [0.25, 0.3) is 0 Å². The summed E-state index contributed by atoms with van der Waals surface area (Å²) in [6.07, 6.45) is 4.46. The van der Waals surface area contributed by atoms with Crippen LogP contribution in [0.5, 0.6) is 0 Å². The molecule has 1 aliphatic rings. The lowest BCUT2D eigenvalue weighted by molar-refractivity contribution is -0.126. The Morgan fingerprint density at radius 3 is 2.92 bits per heavy atom. The number of amides is 1. The predicted octanol–water partition coefficient (Wildman–Crippen LogP) is 0.997. The van der Waals surface area contributed by atoms with Gasteiger partial charge >= 0.3 is 0 Å². The fraction of sp³-hybridized carbons (Fsp3) is 0.900. The van der Waals surface area contributed by atoms with Gasteiger partial charge in [0.2, 0.25) is 5.91 Å². The molecule has 1 rings (SSSR count). The molecule has 1 fully saturated rings. The topological polar surface area (TPSA) is 32.3 Å². The maximum absolute atomic E-state index is 11.6. The summed E-state index contributed by atoms with van der Waals surface area (Å²) in [5, 5.41) is 2.95. The van der Waals surface area contributed by atoms with E-state index < -0.39 is 0 Å². The SMILES string of the molecule is CCCNC(=O)C1CCCCN1C. The maximum atomic E-state index is 11.6. The number of likely N-dealkylation sites (N-methyl/N-ethyl adjacent to an activating group) is 1. The molecule has 0 aliphatic carbocycles. The molecule has 1 atom stereocenters. The van der Waals surface area contributed by atoms with Crippen molar-refractivity contribution in [3.05, 3.63) is 0 Å². The van der Waals surface area contributed by atoms with Crippen LogP contribution in [0.4, 0.5) is 0 Å². The first-order valence-electron chi connectivity index (χ1n) is 5.23. The Kier molecular flexibility index (Phi) is 4.22. The summed E-state index contributed by atoms with van der Waals surface area (Å²) < 4.78 is 0. The van der Waals surface area contributed by atoms with Crippen molar-refractivity contribution >= 4 is 5.91 Å². The highest BCUT2D eigenvalue weighted by atomic mass is 16.2. The Morgan fingerprint density at radius 1 is 1.54 bits per heavy atom. The van der Waals surface area contributed by atoms with Gasteiger partial charge in [-0.1, -0.05) is 13.3 Å². The number of carbonyl (C=O) groups excluding carboxylic acids is 1. The zero-order valence-corrected chi connectivity index (χ0v) is 8.68. The molecule has 1 heterocycles. The third-order valence-electron chi connectivity index (χ3n) is 2.62. The van der Waals surface area contributed by atoms with Crippen molar-refractivity contribution in [1.29, 1.82) is 0 Å². The van der Waals surface area contributed by atoms with E-state index in [1.54, 1.807) is 0 Å². The van der Waals surface area contributed by atoms with E-state index in [2.05, 4.69) is 17.1 Å². The van der Waals surface area contributed by atoms with Crippen molar-refractivity contribution in [2.24, 2.45) is 0 Å². The largest absolute Gasteiger partial charge is 0.355 e. The van der Waals surface area contributed by atoms with Gasteiger partial charge in [0, 0.05) is 6.54 Å². The van der Waals surface area contributed by atoms with Crippen molar-refractivity contribution < 1.29 is 4.79 Å². The van der Waals surface area contributed by atoms with Gasteiger partial charge < -0.3 is 5.32 Å². The number of nitrogens with zero attached hydrogens (tertiary/aromatic N) is 1. The average molecular weight is 184 g/mol. The standard InChI is InChI=1S/C10H20N2O/c1-3-7-11-10(13)9-6-4-5-8-12(9)2/h9H,3-8H2,1-2H3,(H,11,13). The van der Waals surface area contributed by atoms with E-state index in [1.165, 1.54) is 12.8 Å². The van der Waals surface area contributed by atoms with Crippen LogP contribution in [0.3, 0.4) is 0 Å². The first-order chi connectivity index (χ1) is 6.25. The summed E-state index contributed by atoms with van der Waals surface area (Å²) in [7, 11) is 2.04. The van der Waals surface area contributed by atoms with Gasteiger partial charge in [-0.3, -0.25) is 9.69 Å². The minimum atomic E-state index is 0.125. The van der Waals surface area contributed by atoms with Crippen molar-refractivity contribution in [3.63, 3.8) is 0 Å². The van der Waals surface area contributed by atoms with E-state index in [4.69, 9.17) is 0 Å². The average Bonchev–Trinajstić information content (AvgIpc) is 2.15. The van der Waals surface area contributed by atoms with Crippen molar-refractivity contribution in [3.8, 4) is 0 Å². The normalized spacial score (nSPS) is 24.3. The van der Waals surface area contributed by atoms with Crippen LogP contribution in [0.2, 0.25) is 0 Å². The molecule has 1 amide bonds. The second-order valence-electron chi connectivity index (χ2n) is 3.78. The molecule has 0 aromatic heterocycles. The number of nitrogens with one attached hydrogen (secondary N) is 1. The lowest BCUT2D eigenvalue weighted by Gasteiger charge is -2.31. The molecule has 1 unspecified atom stereocenters. The highest BCUT2D eigenvalue weighted by Gasteiger charge is 2.24. The van der Waals surface area contributed by atoms with Crippen LogP contribution < -0.4 is 5.32 Å². The maximum Gasteiger partial charge on any atom is 0.237 e. The molecule has 1 N–H and O–H groups in total. The lowest BCUT2D eigenvalue weighted by Crippen LogP contribution is -2.47. The number of rotatable bonds is 3. The molecule has 0 spiro atoms. The van der Waals surface area contributed by atoms with E-state index in [1.807, 2.05) is 7.05 Å². The predicted molar refractivity (Wildman–Crippen MR) is 53.6 cm³/mol. The first-order valence-corrected chi connectivity index (χ1v) is 5.23. The second-order valence-corrected chi connectivity index (χ2v) is 3.78. The van der Waals surface area contributed by atoms with Crippen LogP contribution in [0.15, 0.2) is 0 Å². The molecular formula is C10H20N2O. The smallest absolute Gasteiger partial charge is 0.237 e. The third-order valence-corrected chi connectivity index (χ3v) is 2.62. The summed E-state index contributed by atoms with van der Waals surface area (Å²) in [6.45, 7) is 3.94. The Morgan fingerprint density at radius 2 is 2.31 bits per heavy atom. The van der Waals surface area contributed by atoms with Gasteiger partial charge in [-0.25, -0.2) is 0 Å². The third kappa shape index (κ3) is 2.99. The Balaban J connectivity index is 2.35. The Hall–Kier alpha value is -0.570. The summed E-state index contributed by atoms with van der Waals surface area (Å²) in [4.78, 5) is 13.8. The van der Waals surface area contributed by atoms with Gasteiger partial charge in [0.05, 0.1) is 6.04 Å². The van der Waals surface area contributed by atoms with Crippen molar-refractivity contribution in [2.45, 2.75) is 38.6 Å². The molecule has 76 valence electrons. The highest BCUT2D eigenvalue weighted by molar-refractivity contribution is 5.81. The molecule has 13 heavy (non-hydrogen) atoms. The fourth-order valence-corrected chi connectivity index (χ4v) is 1.77. The molecule has 1 aliphatic heterocycles. The summed E-state index contributed by atoms with van der Waals surface area (Å²) >= 11 is 0. The number of hydrogen-bond acceptors (Lipinski definition) is 2. The Labute approximate surface area is 80.5 Å². The van der Waals surface area contributed by atoms with E-state index >= 15 is 0 Å². The lowest BCUT2D eigenvalue weighted by atomic mass is 10.0. The Bertz CT molecular complexity index is 170. The minimum Gasteiger partial charge on any atom is -0.355 e. The monoisotopic (exact) mass is 184 g/mol. The van der Waals surface area contributed by atoms with Gasteiger partial charge in [0.1, 0.15) is 0 Å². The fourth-order valence-electron chi connectivity index (χ4n) is 1.77. The molecule has 3 heteroatoms. The summed E-state index contributed by atoms with van der Waals surface area (Å²) in [6, 6.07) is 0.125. The van der Waals surface area contributed by atoms with E-state index in [0.717, 1.165) is 25.9 Å². The molecule has 0 radical (unpaired) electrons. The molecule has 3 nitrogen and oxygen atoms in total. The van der Waals surface area contributed by atoms with Gasteiger partial charge in [0.25, 0.3) is 0 Å². The van der Waals surface area contributed by atoms with E-state index in [0.29, 0.717) is 0 Å². The van der Waals surface area contributed by atoms with Gasteiger partial charge in [-0.2, -0.15) is 0 Å². The van der Waals surface area contributed by atoms with Crippen LogP contribution >= 0.6 is 0 Å². The molecule has 0 bridgehead atoms. The highest BCUT2D eigenvalue weighted by Crippen LogP contribution is 2.14. The molecule has 1 saturated heterocycles. The first kappa shape index (κ1) is 10.5. The van der Waals surface area contributed by atoms with E-state index in [9.17, 15) is 4.79 Å². The van der Waals surface area contributed by atoms with Gasteiger partial charge in [-0.05, 0) is 32.9 Å². The van der Waals surface area contributed by atoms with Gasteiger partial charge in [-0.15, -0.1) is 0 Å². The second kappa shape index (κ2) is 5.22. The van der Waals surface area contributed by atoms with Crippen LogP contribution in [0.1, 0.15) is 32.6 Å². The zero-order chi connectivity index (χ0) is 9.68. The van der Waals surface area contributed by atoms with Crippen LogP contribution in [-0.4, -0.2) is 37.0 Å². The minimum absolute atomic E-state index is 0.125. The molecule has 0 saturated carbocycles. The van der Waals surface area contributed by atoms with Crippen LogP contribution in [0, 0.1) is 0 Å². The summed E-state index contributed by atoms with van der Waals surface area (Å²) in [5.41, 5.74) is 0. The van der Waals surface area contributed by atoms with Crippen molar-refractivity contribution in [1.82, 2.24) is 10.2 Å². The number of piperidine rings is 1. The number of carbonyl (C=O) groups is 1. The number of hydrogen-bond donors (Lipinski definition) is 1. The quantitative estimate of drug-likeness (QED) is 0.709. The van der Waals surface area contributed by atoms with Crippen molar-refractivity contribution in [2.75, 3.05) is 20.1 Å². The zero-order valence-electron chi connectivity index (χ0n) is 8.68. The van der Waals surface area contributed by atoms with E-state index in [-0.39, 0.29) is 11.9 Å². The van der Waals surface area contributed by atoms with Crippen LogP contribution in [-0.2, 0) is 4.79 Å². The van der Waals surface area contributed by atoms with Gasteiger partial charge in [0.15, 0.2) is 0 Å².